The third kappa shape index (κ3) is 4.63. The molecule has 0 atom stereocenters. The van der Waals surface area contributed by atoms with Crippen molar-refractivity contribution in [2.45, 2.75) is 13.8 Å². The second-order valence-electron chi connectivity index (χ2n) is 7.46. The van der Waals surface area contributed by atoms with Gasteiger partial charge in [-0.3, -0.25) is 9.69 Å². The Hall–Kier alpha value is -3.22. The van der Waals surface area contributed by atoms with Crippen LogP contribution < -0.4 is 14.4 Å². The molecule has 3 aromatic rings. The molecule has 5 nitrogen and oxygen atoms in total. The quantitative estimate of drug-likeness (QED) is 0.379. The van der Waals surface area contributed by atoms with Crippen LogP contribution in [0.5, 0.6) is 11.5 Å². The largest absolute Gasteiger partial charge is 0.493 e. The summed E-state index contributed by atoms with van der Waals surface area (Å²) in [5, 5.41) is 1.00. The van der Waals surface area contributed by atoms with E-state index in [1.54, 1.807) is 30.2 Å². The zero-order chi connectivity index (χ0) is 23.5. The van der Waals surface area contributed by atoms with Crippen LogP contribution in [-0.2, 0) is 4.79 Å². The first kappa shape index (κ1) is 23.0. The van der Waals surface area contributed by atoms with E-state index in [1.807, 2.05) is 62.4 Å². The number of hydrogen-bond acceptors (Lipinski definition) is 5. The van der Waals surface area contributed by atoms with E-state index < -0.39 is 0 Å². The number of thioether (sulfide) groups is 1. The third-order valence-electron chi connectivity index (χ3n) is 5.25. The Morgan fingerprint density at radius 1 is 0.970 bits per heavy atom. The molecule has 0 aliphatic carbocycles. The standard InChI is InChI=1S/C26H23ClN2O3S/c1-16-9-5-7-11-20(16)28-26-29(21-12-8-6-10-17(21)2)25(30)23(33-26)15-18-13-19(27)24(32-4)22(14-18)31-3/h5-15H,1-4H3/b23-15+,28-26?. The Bertz CT molecular complexity index is 1290. The normalized spacial score (nSPS) is 16.0. The van der Waals surface area contributed by atoms with Gasteiger partial charge in [-0.2, -0.15) is 0 Å². The Balaban J connectivity index is 1.82. The number of hydrogen-bond donors (Lipinski definition) is 0. The lowest BCUT2D eigenvalue weighted by Gasteiger charge is -2.18. The van der Waals surface area contributed by atoms with Crippen molar-refractivity contribution in [3.8, 4) is 11.5 Å². The van der Waals surface area contributed by atoms with Gasteiger partial charge in [-0.15, -0.1) is 0 Å². The topological polar surface area (TPSA) is 51.1 Å². The minimum absolute atomic E-state index is 0.146. The van der Waals surface area contributed by atoms with Gasteiger partial charge in [0.05, 0.1) is 35.5 Å². The molecule has 1 amide bonds. The van der Waals surface area contributed by atoms with Crippen molar-refractivity contribution in [1.82, 2.24) is 0 Å². The minimum Gasteiger partial charge on any atom is -0.493 e. The van der Waals surface area contributed by atoms with Crippen LogP contribution in [-0.4, -0.2) is 25.3 Å². The average molecular weight is 479 g/mol. The number of methoxy groups -OCH3 is 2. The van der Waals surface area contributed by atoms with Gasteiger partial charge in [-0.05, 0) is 72.6 Å². The van der Waals surface area contributed by atoms with E-state index in [0.717, 1.165) is 28.1 Å². The summed E-state index contributed by atoms with van der Waals surface area (Å²) in [4.78, 5) is 20.6. The summed E-state index contributed by atoms with van der Waals surface area (Å²) in [5.74, 6) is 0.805. The first-order valence-corrected chi connectivity index (χ1v) is 11.5. The fraction of sp³-hybridized carbons (Fsp3) is 0.154. The van der Waals surface area contributed by atoms with Gasteiger partial charge in [0.1, 0.15) is 0 Å². The first-order valence-electron chi connectivity index (χ1n) is 10.3. The molecule has 1 aliphatic rings. The van der Waals surface area contributed by atoms with Crippen LogP contribution >= 0.6 is 23.4 Å². The number of carbonyl (C=O) groups is 1. The molecule has 1 saturated heterocycles. The molecule has 4 rings (SSSR count). The molecular weight excluding hydrogens is 456 g/mol. The predicted octanol–water partition coefficient (Wildman–Crippen LogP) is 6.78. The zero-order valence-corrected chi connectivity index (χ0v) is 20.3. The molecule has 0 N–H and O–H groups in total. The summed E-state index contributed by atoms with van der Waals surface area (Å²) in [7, 11) is 3.08. The molecule has 0 saturated carbocycles. The maximum Gasteiger partial charge on any atom is 0.271 e. The number of para-hydroxylation sites is 2. The van der Waals surface area contributed by atoms with Crippen molar-refractivity contribution >= 4 is 51.9 Å². The molecule has 7 heteroatoms. The van der Waals surface area contributed by atoms with Gasteiger partial charge < -0.3 is 9.47 Å². The lowest BCUT2D eigenvalue weighted by atomic mass is 10.1. The maximum atomic E-state index is 13.6. The summed E-state index contributed by atoms with van der Waals surface area (Å²) in [6, 6.07) is 19.2. The van der Waals surface area contributed by atoms with Crippen LogP contribution in [0.1, 0.15) is 16.7 Å². The van der Waals surface area contributed by atoms with E-state index in [0.29, 0.717) is 26.6 Å². The Morgan fingerprint density at radius 2 is 1.67 bits per heavy atom. The smallest absolute Gasteiger partial charge is 0.271 e. The van der Waals surface area contributed by atoms with Gasteiger partial charge in [0.2, 0.25) is 0 Å². The molecule has 0 bridgehead atoms. The van der Waals surface area contributed by atoms with Crippen molar-refractivity contribution in [1.29, 1.82) is 0 Å². The number of rotatable bonds is 5. The van der Waals surface area contributed by atoms with E-state index in [1.165, 1.54) is 18.9 Å². The lowest BCUT2D eigenvalue weighted by molar-refractivity contribution is -0.113. The monoisotopic (exact) mass is 478 g/mol. The van der Waals surface area contributed by atoms with E-state index in [9.17, 15) is 4.79 Å². The SMILES string of the molecule is COc1cc(/C=C2/SC(=Nc3ccccc3C)N(c3ccccc3C)C2=O)cc(Cl)c1OC. The summed E-state index contributed by atoms with van der Waals surface area (Å²) >= 11 is 7.70. The van der Waals surface area contributed by atoms with Crippen molar-refractivity contribution in [2.24, 2.45) is 4.99 Å². The first-order chi connectivity index (χ1) is 15.9. The van der Waals surface area contributed by atoms with Gasteiger partial charge in [0.25, 0.3) is 5.91 Å². The van der Waals surface area contributed by atoms with E-state index in [2.05, 4.69) is 0 Å². The van der Waals surface area contributed by atoms with Gasteiger partial charge in [0, 0.05) is 0 Å². The second-order valence-corrected chi connectivity index (χ2v) is 8.87. The molecule has 33 heavy (non-hydrogen) atoms. The van der Waals surface area contributed by atoms with Gasteiger partial charge in [-0.1, -0.05) is 48.0 Å². The molecule has 1 aliphatic heterocycles. The van der Waals surface area contributed by atoms with Crippen LogP contribution in [0, 0.1) is 13.8 Å². The van der Waals surface area contributed by atoms with E-state index in [-0.39, 0.29) is 5.91 Å². The van der Waals surface area contributed by atoms with Gasteiger partial charge in [0.15, 0.2) is 16.7 Å². The van der Waals surface area contributed by atoms with E-state index >= 15 is 0 Å². The molecule has 0 spiro atoms. The Labute approximate surface area is 202 Å². The van der Waals surface area contributed by atoms with Gasteiger partial charge >= 0.3 is 0 Å². The summed E-state index contributed by atoms with van der Waals surface area (Å²) in [5.41, 5.74) is 4.37. The number of amides is 1. The summed E-state index contributed by atoms with van der Waals surface area (Å²) < 4.78 is 10.7. The molecular formula is C26H23ClN2O3S. The van der Waals surface area contributed by atoms with Crippen LogP contribution in [0.3, 0.4) is 0 Å². The fourth-order valence-corrected chi connectivity index (χ4v) is 4.82. The number of carbonyl (C=O) groups excluding carboxylic acids is 1. The average Bonchev–Trinajstić information content (AvgIpc) is 3.09. The van der Waals surface area contributed by atoms with Crippen LogP contribution in [0.25, 0.3) is 6.08 Å². The number of amidine groups is 1. The molecule has 0 unspecified atom stereocenters. The molecule has 3 aromatic carbocycles. The highest BCUT2D eigenvalue weighted by molar-refractivity contribution is 8.19. The number of aliphatic imine (C=N–C) groups is 1. The molecule has 168 valence electrons. The summed E-state index contributed by atoms with van der Waals surface area (Å²) in [6.45, 7) is 3.98. The van der Waals surface area contributed by atoms with E-state index in [4.69, 9.17) is 26.1 Å². The van der Waals surface area contributed by atoms with Crippen molar-refractivity contribution in [2.75, 3.05) is 19.1 Å². The molecule has 1 heterocycles. The summed E-state index contributed by atoms with van der Waals surface area (Å²) in [6.07, 6.45) is 1.80. The van der Waals surface area contributed by atoms with Gasteiger partial charge in [-0.25, -0.2) is 4.99 Å². The van der Waals surface area contributed by atoms with Crippen LogP contribution in [0.4, 0.5) is 11.4 Å². The highest BCUT2D eigenvalue weighted by Gasteiger charge is 2.35. The third-order valence-corrected chi connectivity index (χ3v) is 6.50. The molecule has 1 fully saturated rings. The molecule has 0 radical (unpaired) electrons. The van der Waals surface area contributed by atoms with Crippen molar-refractivity contribution in [3.05, 3.63) is 87.3 Å². The number of benzene rings is 3. The lowest BCUT2D eigenvalue weighted by Crippen LogP contribution is -2.29. The second kappa shape index (κ2) is 9.73. The Morgan fingerprint density at radius 3 is 2.33 bits per heavy atom. The molecule has 0 aromatic heterocycles. The Kier molecular flexibility index (Phi) is 6.77. The minimum atomic E-state index is -0.146. The highest BCUT2D eigenvalue weighted by atomic mass is 35.5. The van der Waals surface area contributed by atoms with Crippen molar-refractivity contribution in [3.63, 3.8) is 0 Å². The van der Waals surface area contributed by atoms with Crippen LogP contribution in [0.15, 0.2) is 70.6 Å². The maximum absolute atomic E-state index is 13.6. The van der Waals surface area contributed by atoms with Crippen molar-refractivity contribution < 1.29 is 14.3 Å². The number of nitrogens with zero attached hydrogens (tertiary/aromatic N) is 2. The number of anilines is 1. The predicted molar refractivity (Wildman–Crippen MR) is 137 cm³/mol. The van der Waals surface area contributed by atoms with Crippen LogP contribution in [0.2, 0.25) is 5.02 Å². The fourth-order valence-electron chi connectivity index (χ4n) is 3.54. The highest BCUT2D eigenvalue weighted by Crippen LogP contribution is 2.41. The number of halogens is 1. The number of aryl methyl sites for hydroxylation is 2. The zero-order valence-electron chi connectivity index (χ0n) is 18.8. The number of ether oxygens (including phenoxy) is 2.